The Labute approximate surface area is 294 Å². The maximum absolute atomic E-state index is 5.18. The van der Waals surface area contributed by atoms with Gasteiger partial charge in [-0.15, -0.1) is 0 Å². The summed E-state index contributed by atoms with van der Waals surface area (Å²) in [5.41, 5.74) is 12.4. The lowest BCUT2D eigenvalue weighted by molar-refractivity contribution is 1.13. The summed E-state index contributed by atoms with van der Waals surface area (Å²) in [5.74, 6) is 0. The summed E-state index contributed by atoms with van der Waals surface area (Å²) in [6.07, 6.45) is 15.3. The molecule has 51 heavy (non-hydrogen) atoms. The fourth-order valence-corrected chi connectivity index (χ4v) is 7.58. The third-order valence-electron chi connectivity index (χ3n) is 9.84. The molecular formula is C46H31N5. The maximum atomic E-state index is 5.18. The van der Waals surface area contributed by atoms with Crippen LogP contribution in [0.3, 0.4) is 0 Å². The van der Waals surface area contributed by atoms with Gasteiger partial charge in [0.1, 0.15) is 5.65 Å². The number of benzene rings is 4. The Morgan fingerprint density at radius 2 is 1.31 bits per heavy atom. The first kappa shape index (κ1) is 29.1. The number of aromatic nitrogens is 5. The Morgan fingerprint density at radius 1 is 0.510 bits per heavy atom. The first-order chi connectivity index (χ1) is 25.3. The lowest BCUT2D eigenvalue weighted by Gasteiger charge is -2.15. The Hall–Kier alpha value is -6.85. The summed E-state index contributed by atoms with van der Waals surface area (Å²) in [4.78, 5) is 14.7. The summed E-state index contributed by atoms with van der Waals surface area (Å²) in [6, 6.07) is 47.3. The van der Waals surface area contributed by atoms with Crippen LogP contribution in [0.25, 0.3) is 83.2 Å². The minimum absolute atomic E-state index is 0.833. The molecule has 5 aromatic heterocycles. The summed E-state index contributed by atoms with van der Waals surface area (Å²) in [6.45, 7) is 0. The average Bonchev–Trinajstić information content (AvgIpc) is 3.56. The number of pyridine rings is 3. The molecule has 5 heterocycles. The third-order valence-corrected chi connectivity index (χ3v) is 9.84. The molecule has 0 atom stereocenters. The van der Waals surface area contributed by atoms with Gasteiger partial charge in [0.25, 0.3) is 0 Å². The predicted octanol–water partition coefficient (Wildman–Crippen LogP) is 11.3. The maximum Gasteiger partial charge on any atom is 0.145 e. The number of para-hydroxylation sites is 3. The summed E-state index contributed by atoms with van der Waals surface area (Å²) >= 11 is 0. The lowest BCUT2D eigenvalue weighted by atomic mass is 10.00. The Bertz CT molecular complexity index is 2870. The van der Waals surface area contributed by atoms with Gasteiger partial charge >= 0.3 is 0 Å². The number of fused-ring (bicyclic) bond motifs is 6. The first-order valence-electron chi connectivity index (χ1n) is 17.3. The van der Waals surface area contributed by atoms with Crippen LogP contribution in [0.15, 0.2) is 176 Å². The molecule has 5 nitrogen and oxygen atoms in total. The van der Waals surface area contributed by atoms with Crippen molar-refractivity contribution in [3.05, 3.63) is 182 Å². The zero-order chi connectivity index (χ0) is 33.7. The summed E-state index contributed by atoms with van der Waals surface area (Å²) in [7, 11) is 0. The van der Waals surface area contributed by atoms with E-state index in [1.165, 1.54) is 16.2 Å². The van der Waals surface area contributed by atoms with Crippen molar-refractivity contribution >= 4 is 49.3 Å². The minimum atomic E-state index is 0.833. The van der Waals surface area contributed by atoms with Crippen molar-refractivity contribution in [2.45, 2.75) is 6.42 Å². The van der Waals surface area contributed by atoms with E-state index in [1.54, 1.807) is 0 Å². The predicted molar refractivity (Wildman–Crippen MR) is 210 cm³/mol. The fourth-order valence-electron chi connectivity index (χ4n) is 7.58. The van der Waals surface area contributed by atoms with Crippen LogP contribution in [0.4, 0.5) is 0 Å². The molecule has 0 unspecified atom stereocenters. The van der Waals surface area contributed by atoms with Crippen molar-refractivity contribution in [3.63, 3.8) is 0 Å². The van der Waals surface area contributed by atoms with Crippen LogP contribution >= 0.6 is 0 Å². The normalized spacial score (nSPS) is 13.0. The van der Waals surface area contributed by atoms with Crippen molar-refractivity contribution in [3.8, 4) is 33.9 Å². The van der Waals surface area contributed by atoms with Crippen molar-refractivity contribution < 1.29 is 0 Å². The highest BCUT2D eigenvalue weighted by Crippen LogP contribution is 2.41. The second-order valence-electron chi connectivity index (χ2n) is 12.8. The molecule has 5 heteroatoms. The van der Waals surface area contributed by atoms with Crippen LogP contribution in [-0.2, 0) is 0 Å². The standard InChI is InChI=1S/C46H31N5/c1-2-5-15-31(14-4-1)41-29-34(30-42(49-41)40-22-10-11-26-47-40)50-43-23-9-8-18-36(43)38-20-12-19-35(45(38)50)32-24-25-37-39-21-13-27-48-46(39)51(44(37)28-32)33-16-6-3-7-17-33/h1-4,6-30H,5H2. The number of nitrogens with zero attached hydrogens (tertiary/aromatic N) is 5. The van der Waals surface area contributed by atoms with E-state index in [4.69, 9.17) is 15.0 Å². The molecule has 0 saturated carbocycles. The van der Waals surface area contributed by atoms with Gasteiger partial charge in [0.05, 0.1) is 39.3 Å². The Balaban J connectivity index is 1.27. The topological polar surface area (TPSA) is 48.5 Å². The van der Waals surface area contributed by atoms with Crippen LogP contribution in [0.1, 0.15) is 12.1 Å². The molecule has 0 bridgehead atoms. The van der Waals surface area contributed by atoms with Crippen molar-refractivity contribution in [1.29, 1.82) is 0 Å². The number of allylic oxidation sites excluding steroid dienone is 6. The van der Waals surface area contributed by atoms with Crippen molar-refractivity contribution in [2.75, 3.05) is 0 Å². The van der Waals surface area contributed by atoms with E-state index in [0.29, 0.717) is 0 Å². The highest BCUT2D eigenvalue weighted by molar-refractivity contribution is 6.15. The molecule has 0 spiro atoms. The van der Waals surface area contributed by atoms with E-state index in [9.17, 15) is 0 Å². The van der Waals surface area contributed by atoms with E-state index >= 15 is 0 Å². The zero-order valence-corrected chi connectivity index (χ0v) is 27.7. The molecule has 1 aliphatic carbocycles. The number of hydrogen-bond donors (Lipinski definition) is 0. The fraction of sp³-hybridized carbons (Fsp3) is 0.0217. The Kier molecular flexibility index (Phi) is 6.81. The highest BCUT2D eigenvalue weighted by atomic mass is 15.0. The molecule has 0 saturated heterocycles. The van der Waals surface area contributed by atoms with Crippen LogP contribution < -0.4 is 0 Å². The molecular weight excluding hydrogens is 623 g/mol. The quantitative estimate of drug-likeness (QED) is 0.186. The average molecular weight is 654 g/mol. The van der Waals surface area contributed by atoms with Crippen LogP contribution in [0.5, 0.6) is 0 Å². The van der Waals surface area contributed by atoms with Gasteiger partial charge in [-0.1, -0.05) is 103 Å². The molecule has 0 radical (unpaired) electrons. The van der Waals surface area contributed by atoms with Gasteiger partial charge in [-0.3, -0.25) is 9.55 Å². The van der Waals surface area contributed by atoms with Crippen molar-refractivity contribution in [2.24, 2.45) is 0 Å². The van der Waals surface area contributed by atoms with E-state index < -0.39 is 0 Å². The van der Waals surface area contributed by atoms with Gasteiger partial charge in [-0.05, 0) is 78.2 Å². The molecule has 10 rings (SSSR count). The second-order valence-corrected chi connectivity index (χ2v) is 12.8. The molecule has 0 N–H and O–H groups in total. The van der Waals surface area contributed by atoms with Gasteiger partial charge in [0, 0.05) is 45.2 Å². The number of hydrogen-bond acceptors (Lipinski definition) is 3. The van der Waals surface area contributed by atoms with E-state index in [1.807, 2.05) is 36.7 Å². The molecule has 9 aromatic rings. The van der Waals surface area contributed by atoms with Crippen LogP contribution in [-0.4, -0.2) is 24.1 Å². The second kappa shape index (κ2) is 11.9. The monoisotopic (exact) mass is 653 g/mol. The third kappa shape index (κ3) is 4.82. The van der Waals surface area contributed by atoms with E-state index in [2.05, 4.69) is 149 Å². The van der Waals surface area contributed by atoms with Gasteiger partial charge in [0.15, 0.2) is 0 Å². The molecule has 0 amide bonds. The highest BCUT2D eigenvalue weighted by Gasteiger charge is 2.20. The van der Waals surface area contributed by atoms with Crippen LogP contribution in [0, 0.1) is 0 Å². The lowest BCUT2D eigenvalue weighted by Crippen LogP contribution is -2.01. The zero-order valence-electron chi connectivity index (χ0n) is 27.7. The van der Waals surface area contributed by atoms with Crippen molar-refractivity contribution in [1.82, 2.24) is 24.1 Å². The smallest absolute Gasteiger partial charge is 0.145 e. The van der Waals surface area contributed by atoms with E-state index in [0.717, 1.165) is 79.2 Å². The first-order valence-corrected chi connectivity index (χ1v) is 17.3. The molecule has 1 aliphatic rings. The van der Waals surface area contributed by atoms with Gasteiger partial charge in [0.2, 0.25) is 0 Å². The molecule has 0 fully saturated rings. The number of rotatable bonds is 5. The minimum Gasteiger partial charge on any atom is -0.308 e. The largest absolute Gasteiger partial charge is 0.308 e. The molecule has 4 aromatic carbocycles. The van der Waals surface area contributed by atoms with Gasteiger partial charge < -0.3 is 4.57 Å². The molecule has 0 aliphatic heterocycles. The van der Waals surface area contributed by atoms with E-state index in [-0.39, 0.29) is 0 Å². The van der Waals surface area contributed by atoms with Gasteiger partial charge in [-0.2, -0.15) is 0 Å². The summed E-state index contributed by atoms with van der Waals surface area (Å²) < 4.78 is 4.69. The van der Waals surface area contributed by atoms with Crippen LogP contribution in [0.2, 0.25) is 0 Å². The Morgan fingerprint density at radius 3 is 2.24 bits per heavy atom. The SMILES string of the molecule is C1=CCC=C(c2cc(-n3c4ccccc4c4cccc(-c5ccc6c7cccnc7n(-c7ccccc7)c6c5)c43)cc(-c3ccccn3)n2)C=C1. The molecule has 240 valence electrons. The van der Waals surface area contributed by atoms with Gasteiger partial charge in [-0.25, -0.2) is 9.97 Å². The summed E-state index contributed by atoms with van der Waals surface area (Å²) in [5, 5.41) is 4.72.